The molecule has 2 N–H and O–H groups in total. The summed E-state index contributed by atoms with van der Waals surface area (Å²) >= 11 is 2.34. The van der Waals surface area contributed by atoms with E-state index < -0.39 is 0 Å². The zero-order valence-corrected chi connectivity index (χ0v) is 15.4. The topological polar surface area (TPSA) is 42.1 Å². The van der Waals surface area contributed by atoms with Crippen LogP contribution in [0.1, 0.15) is 19.8 Å². The third-order valence-electron chi connectivity index (χ3n) is 3.71. The van der Waals surface area contributed by atoms with Gasteiger partial charge in [-0.15, -0.1) is 0 Å². The zero-order chi connectivity index (χ0) is 15.5. The second-order valence-corrected chi connectivity index (χ2v) is 7.10. The van der Waals surface area contributed by atoms with Gasteiger partial charge < -0.3 is 10.0 Å². The molecular formula is C17H18IN3S. The normalized spacial score (nSPS) is 11.2. The van der Waals surface area contributed by atoms with Crippen molar-refractivity contribution < 1.29 is 0 Å². The van der Waals surface area contributed by atoms with Crippen molar-refractivity contribution >= 4 is 63.5 Å². The van der Waals surface area contributed by atoms with Crippen LogP contribution in [-0.2, 0) is 0 Å². The van der Waals surface area contributed by atoms with Gasteiger partial charge in [-0.05, 0) is 36.8 Å². The Kier molecular flexibility index (Phi) is 4.93. The fourth-order valence-electron chi connectivity index (χ4n) is 2.49. The number of aromatic nitrogens is 1. The first-order valence-electron chi connectivity index (χ1n) is 7.37. The molecule has 2 aromatic carbocycles. The molecule has 0 atom stereocenters. The molecule has 5 heteroatoms. The van der Waals surface area contributed by atoms with Crippen LogP contribution in [-0.4, -0.2) is 11.5 Å². The maximum atomic E-state index is 5.87. The van der Waals surface area contributed by atoms with Gasteiger partial charge in [-0.3, -0.25) is 0 Å². The van der Waals surface area contributed by atoms with Gasteiger partial charge in [0.25, 0.3) is 0 Å². The minimum Gasteiger partial charge on any atom is -0.399 e. The van der Waals surface area contributed by atoms with E-state index in [0.29, 0.717) is 0 Å². The molecule has 3 nitrogen and oxygen atoms in total. The van der Waals surface area contributed by atoms with E-state index in [0.717, 1.165) is 34.0 Å². The minimum absolute atomic E-state index is 0.753. The number of hydrogen-bond acceptors (Lipinski definition) is 4. The maximum Gasteiger partial charge on any atom is 0.0730 e. The van der Waals surface area contributed by atoms with Crippen molar-refractivity contribution in [3.63, 3.8) is 0 Å². The molecule has 22 heavy (non-hydrogen) atoms. The molecule has 0 radical (unpaired) electrons. The first-order valence-corrected chi connectivity index (χ1v) is 10.7. The van der Waals surface area contributed by atoms with E-state index in [9.17, 15) is 0 Å². The first-order chi connectivity index (χ1) is 10.7. The molecule has 0 bridgehead atoms. The molecule has 1 heterocycles. The molecule has 3 rings (SSSR count). The van der Waals surface area contributed by atoms with Crippen molar-refractivity contribution in [2.45, 2.75) is 19.8 Å². The number of rotatable bonds is 5. The highest BCUT2D eigenvalue weighted by Crippen LogP contribution is 2.31. The molecule has 114 valence electrons. The molecule has 0 unspecified atom stereocenters. The SMILES string of the molecule is CCCCN(SI)c1ccc2cc3ccc(N)cc3nc2c1. The molecule has 0 saturated heterocycles. The number of halogens is 1. The molecule has 0 aliphatic carbocycles. The van der Waals surface area contributed by atoms with Crippen molar-refractivity contribution in [3.8, 4) is 0 Å². The monoisotopic (exact) mass is 423 g/mol. The second-order valence-electron chi connectivity index (χ2n) is 5.34. The van der Waals surface area contributed by atoms with Crippen molar-refractivity contribution in [2.75, 3.05) is 16.6 Å². The Hall–Kier alpha value is -1.21. The maximum absolute atomic E-state index is 5.87. The van der Waals surface area contributed by atoms with Crippen LogP contribution < -0.4 is 10.0 Å². The summed E-state index contributed by atoms with van der Waals surface area (Å²) in [6, 6.07) is 14.5. The van der Waals surface area contributed by atoms with Crippen LogP contribution >= 0.6 is 30.3 Å². The number of nitrogens with zero attached hydrogens (tertiary/aromatic N) is 2. The summed E-state index contributed by atoms with van der Waals surface area (Å²) in [6.07, 6.45) is 2.39. The van der Waals surface area contributed by atoms with Crippen molar-refractivity contribution in [1.82, 2.24) is 4.98 Å². The fourth-order valence-corrected chi connectivity index (χ4v) is 4.15. The van der Waals surface area contributed by atoms with Gasteiger partial charge in [0, 0.05) is 59.0 Å². The average Bonchev–Trinajstić information content (AvgIpc) is 2.53. The summed E-state index contributed by atoms with van der Waals surface area (Å²) in [5, 5.41) is 2.29. The van der Waals surface area contributed by atoms with Crippen molar-refractivity contribution in [2.24, 2.45) is 0 Å². The first kappa shape index (κ1) is 15.7. The largest absolute Gasteiger partial charge is 0.399 e. The lowest BCUT2D eigenvalue weighted by molar-refractivity contribution is 0.810. The highest BCUT2D eigenvalue weighted by atomic mass is 127. The van der Waals surface area contributed by atoms with Crippen LogP contribution in [0.25, 0.3) is 21.8 Å². The number of nitrogen functional groups attached to an aromatic ring is 1. The van der Waals surface area contributed by atoms with Crippen LogP contribution in [0.4, 0.5) is 11.4 Å². The van der Waals surface area contributed by atoms with Gasteiger partial charge in [0.2, 0.25) is 0 Å². The van der Waals surface area contributed by atoms with E-state index in [1.54, 1.807) is 9.12 Å². The number of hydrogen-bond donors (Lipinski definition) is 1. The summed E-state index contributed by atoms with van der Waals surface area (Å²) in [4.78, 5) is 4.78. The minimum atomic E-state index is 0.753. The molecule has 0 spiro atoms. The van der Waals surface area contributed by atoms with Gasteiger partial charge in [0.05, 0.1) is 11.0 Å². The molecule has 3 aromatic rings. The average molecular weight is 423 g/mol. The second kappa shape index (κ2) is 6.91. The Morgan fingerprint density at radius 3 is 2.55 bits per heavy atom. The lowest BCUT2D eigenvalue weighted by Crippen LogP contribution is -2.13. The quantitative estimate of drug-likeness (QED) is 0.252. The van der Waals surface area contributed by atoms with Crippen LogP contribution in [0.3, 0.4) is 0 Å². The number of unbranched alkanes of at least 4 members (excludes halogenated alkanes) is 1. The van der Waals surface area contributed by atoms with Crippen molar-refractivity contribution in [1.29, 1.82) is 0 Å². The van der Waals surface area contributed by atoms with Crippen LogP contribution in [0, 0.1) is 0 Å². The molecule has 0 saturated carbocycles. The van der Waals surface area contributed by atoms with Gasteiger partial charge in [0.1, 0.15) is 0 Å². The Balaban J connectivity index is 2.05. The van der Waals surface area contributed by atoms with Crippen LogP contribution in [0.5, 0.6) is 0 Å². The van der Waals surface area contributed by atoms with Gasteiger partial charge >= 0.3 is 0 Å². The predicted molar refractivity (Wildman–Crippen MR) is 108 cm³/mol. The third kappa shape index (κ3) is 3.25. The van der Waals surface area contributed by atoms with E-state index in [4.69, 9.17) is 10.7 Å². The van der Waals surface area contributed by atoms with Crippen molar-refractivity contribution in [3.05, 3.63) is 42.5 Å². The predicted octanol–water partition coefficient (Wildman–Crippen LogP) is 5.57. The summed E-state index contributed by atoms with van der Waals surface area (Å²) in [7, 11) is 1.73. The molecular weight excluding hydrogens is 405 g/mol. The number of anilines is 2. The van der Waals surface area contributed by atoms with Crippen LogP contribution in [0.15, 0.2) is 42.5 Å². The van der Waals surface area contributed by atoms with E-state index in [1.807, 2.05) is 18.2 Å². The van der Waals surface area contributed by atoms with Gasteiger partial charge in [-0.2, -0.15) is 0 Å². The standard InChI is InChI=1S/C17H18IN3S/c1-2-3-8-21(22-18)15-7-5-13-9-12-4-6-14(19)10-16(12)20-17(13)11-15/h4-7,9-11H,2-3,8,19H2,1H3. The fraction of sp³-hybridized carbons (Fsp3) is 0.235. The number of fused-ring (bicyclic) bond motifs is 2. The Bertz CT molecular complexity index is 806. The number of pyridine rings is 1. The van der Waals surface area contributed by atoms with E-state index in [1.165, 1.54) is 18.5 Å². The highest BCUT2D eigenvalue weighted by molar-refractivity contribution is 14.2. The summed E-state index contributed by atoms with van der Waals surface area (Å²) in [5.41, 5.74) is 9.79. The van der Waals surface area contributed by atoms with E-state index in [2.05, 4.69) is 56.7 Å². The number of benzene rings is 2. The molecule has 0 aliphatic rings. The lowest BCUT2D eigenvalue weighted by atomic mass is 10.1. The Labute approximate surface area is 147 Å². The molecule has 0 fully saturated rings. The molecule has 1 aromatic heterocycles. The van der Waals surface area contributed by atoms with Crippen LogP contribution in [0.2, 0.25) is 0 Å². The van der Waals surface area contributed by atoms with E-state index >= 15 is 0 Å². The summed E-state index contributed by atoms with van der Waals surface area (Å²) in [6.45, 7) is 3.27. The smallest absolute Gasteiger partial charge is 0.0730 e. The van der Waals surface area contributed by atoms with Gasteiger partial charge in [-0.1, -0.05) is 25.5 Å². The Morgan fingerprint density at radius 2 is 1.82 bits per heavy atom. The van der Waals surface area contributed by atoms with E-state index in [-0.39, 0.29) is 0 Å². The lowest BCUT2D eigenvalue weighted by Gasteiger charge is -2.20. The molecule has 0 amide bonds. The highest BCUT2D eigenvalue weighted by Gasteiger charge is 2.08. The summed E-state index contributed by atoms with van der Waals surface area (Å²) in [5.74, 6) is 0. The van der Waals surface area contributed by atoms with Gasteiger partial charge in [-0.25, -0.2) is 4.98 Å². The Morgan fingerprint density at radius 1 is 1.09 bits per heavy atom. The summed E-state index contributed by atoms with van der Waals surface area (Å²) < 4.78 is 2.31. The third-order valence-corrected chi connectivity index (χ3v) is 5.69. The zero-order valence-electron chi connectivity index (χ0n) is 12.4. The van der Waals surface area contributed by atoms with Gasteiger partial charge in [0.15, 0.2) is 0 Å². The molecule has 0 aliphatic heterocycles. The number of nitrogens with two attached hydrogens (primary N) is 1.